The molecule has 5 nitrogen and oxygen atoms in total. The average molecular weight is 297 g/mol. The van der Waals surface area contributed by atoms with Gasteiger partial charge in [0.25, 0.3) is 0 Å². The van der Waals surface area contributed by atoms with Crippen molar-refractivity contribution in [3.63, 3.8) is 0 Å². The maximum absolute atomic E-state index is 4.69. The SMILES string of the molecule is Cc1ccc(Nc2cc(C)nc(N3CCN(C)CC3)n2)cc1. The molecule has 1 saturated heterocycles. The largest absolute Gasteiger partial charge is 0.340 e. The van der Waals surface area contributed by atoms with E-state index in [2.05, 4.69) is 63.3 Å². The molecule has 0 radical (unpaired) electrons. The summed E-state index contributed by atoms with van der Waals surface area (Å²) in [7, 11) is 2.15. The number of likely N-dealkylation sites (N-methyl/N-ethyl adjacent to an activating group) is 1. The lowest BCUT2D eigenvalue weighted by molar-refractivity contribution is 0.311. The zero-order chi connectivity index (χ0) is 15.5. The van der Waals surface area contributed by atoms with Crippen molar-refractivity contribution in [2.75, 3.05) is 43.4 Å². The van der Waals surface area contributed by atoms with E-state index < -0.39 is 0 Å². The Balaban J connectivity index is 1.79. The summed E-state index contributed by atoms with van der Waals surface area (Å²) in [6.07, 6.45) is 0. The van der Waals surface area contributed by atoms with Gasteiger partial charge in [-0.15, -0.1) is 0 Å². The second-order valence-corrected chi connectivity index (χ2v) is 5.98. The van der Waals surface area contributed by atoms with E-state index in [0.717, 1.165) is 49.3 Å². The average Bonchev–Trinajstić information content (AvgIpc) is 2.50. The number of nitrogens with one attached hydrogen (secondary N) is 1. The van der Waals surface area contributed by atoms with E-state index in [-0.39, 0.29) is 0 Å². The molecule has 2 heterocycles. The fourth-order valence-corrected chi connectivity index (χ4v) is 2.55. The van der Waals surface area contributed by atoms with Crippen LogP contribution in [0.3, 0.4) is 0 Å². The van der Waals surface area contributed by atoms with Crippen LogP contribution < -0.4 is 10.2 Å². The molecule has 0 amide bonds. The molecule has 1 aromatic heterocycles. The molecule has 0 spiro atoms. The number of aromatic nitrogens is 2. The van der Waals surface area contributed by atoms with E-state index in [4.69, 9.17) is 0 Å². The number of anilines is 3. The van der Waals surface area contributed by atoms with Crippen molar-refractivity contribution >= 4 is 17.5 Å². The van der Waals surface area contributed by atoms with Crippen molar-refractivity contribution in [2.24, 2.45) is 0 Å². The van der Waals surface area contributed by atoms with Crippen LogP contribution in [0.2, 0.25) is 0 Å². The van der Waals surface area contributed by atoms with Gasteiger partial charge in [-0.25, -0.2) is 4.98 Å². The Morgan fingerprint density at radius 1 is 0.955 bits per heavy atom. The van der Waals surface area contributed by atoms with Gasteiger partial charge in [-0.1, -0.05) is 17.7 Å². The van der Waals surface area contributed by atoms with Crippen LogP contribution in [-0.2, 0) is 0 Å². The van der Waals surface area contributed by atoms with Gasteiger partial charge in [-0.05, 0) is 33.0 Å². The lowest BCUT2D eigenvalue weighted by Gasteiger charge is -2.32. The predicted octanol–water partition coefficient (Wildman–Crippen LogP) is 2.59. The molecule has 1 aliphatic rings. The summed E-state index contributed by atoms with van der Waals surface area (Å²) in [6.45, 7) is 8.16. The minimum absolute atomic E-state index is 0.822. The fraction of sp³-hybridized carbons (Fsp3) is 0.412. The minimum Gasteiger partial charge on any atom is -0.340 e. The van der Waals surface area contributed by atoms with E-state index in [1.807, 2.05) is 13.0 Å². The van der Waals surface area contributed by atoms with Crippen LogP contribution in [0.15, 0.2) is 30.3 Å². The zero-order valence-electron chi connectivity index (χ0n) is 13.5. The molecule has 1 fully saturated rings. The third-order valence-corrected chi connectivity index (χ3v) is 3.95. The molecular weight excluding hydrogens is 274 g/mol. The molecule has 0 atom stereocenters. The third kappa shape index (κ3) is 3.54. The highest BCUT2D eigenvalue weighted by Crippen LogP contribution is 2.19. The molecule has 116 valence electrons. The number of aryl methyl sites for hydroxylation is 2. The number of hydrogen-bond acceptors (Lipinski definition) is 5. The minimum atomic E-state index is 0.822. The van der Waals surface area contributed by atoms with E-state index in [1.54, 1.807) is 0 Å². The predicted molar refractivity (Wildman–Crippen MR) is 90.9 cm³/mol. The fourth-order valence-electron chi connectivity index (χ4n) is 2.55. The second-order valence-electron chi connectivity index (χ2n) is 5.98. The number of hydrogen-bond donors (Lipinski definition) is 1. The number of benzene rings is 1. The summed E-state index contributed by atoms with van der Waals surface area (Å²) in [5.74, 6) is 1.67. The summed E-state index contributed by atoms with van der Waals surface area (Å²) in [6, 6.07) is 10.3. The summed E-state index contributed by atoms with van der Waals surface area (Å²) in [4.78, 5) is 13.9. The molecule has 22 heavy (non-hydrogen) atoms. The highest BCUT2D eigenvalue weighted by molar-refractivity contribution is 5.58. The first-order chi connectivity index (χ1) is 10.6. The number of nitrogens with zero attached hydrogens (tertiary/aromatic N) is 4. The van der Waals surface area contributed by atoms with E-state index in [9.17, 15) is 0 Å². The van der Waals surface area contributed by atoms with Crippen LogP contribution in [0.5, 0.6) is 0 Å². The Kier molecular flexibility index (Phi) is 4.24. The van der Waals surface area contributed by atoms with Gasteiger partial charge in [0.05, 0.1) is 0 Å². The van der Waals surface area contributed by atoms with Crippen LogP contribution in [0.4, 0.5) is 17.5 Å². The molecule has 1 aromatic carbocycles. The van der Waals surface area contributed by atoms with Gasteiger partial charge >= 0.3 is 0 Å². The van der Waals surface area contributed by atoms with Crippen LogP contribution in [-0.4, -0.2) is 48.1 Å². The Bertz CT molecular complexity index is 630. The van der Waals surface area contributed by atoms with Crippen molar-refractivity contribution < 1.29 is 0 Å². The van der Waals surface area contributed by atoms with Crippen LogP contribution >= 0.6 is 0 Å². The van der Waals surface area contributed by atoms with Gasteiger partial charge in [0.2, 0.25) is 5.95 Å². The second kappa shape index (κ2) is 6.32. The molecule has 0 saturated carbocycles. The normalized spacial score (nSPS) is 15.9. The van der Waals surface area contributed by atoms with Crippen molar-refractivity contribution in [1.29, 1.82) is 0 Å². The van der Waals surface area contributed by atoms with Crippen molar-refractivity contribution in [3.8, 4) is 0 Å². The first kappa shape index (κ1) is 14.8. The van der Waals surface area contributed by atoms with Gasteiger partial charge in [0, 0.05) is 43.6 Å². The molecule has 0 bridgehead atoms. The Morgan fingerprint density at radius 2 is 1.64 bits per heavy atom. The number of piperazine rings is 1. The maximum Gasteiger partial charge on any atom is 0.227 e. The van der Waals surface area contributed by atoms with Gasteiger partial charge in [0.15, 0.2) is 0 Å². The monoisotopic (exact) mass is 297 g/mol. The van der Waals surface area contributed by atoms with Crippen LogP contribution in [0, 0.1) is 13.8 Å². The topological polar surface area (TPSA) is 44.3 Å². The summed E-state index contributed by atoms with van der Waals surface area (Å²) in [5, 5.41) is 3.37. The lowest BCUT2D eigenvalue weighted by Crippen LogP contribution is -2.45. The molecule has 1 N–H and O–H groups in total. The Morgan fingerprint density at radius 3 is 2.32 bits per heavy atom. The quantitative estimate of drug-likeness (QED) is 0.943. The zero-order valence-corrected chi connectivity index (χ0v) is 13.5. The highest BCUT2D eigenvalue weighted by Gasteiger charge is 2.17. The molecular formula is C17H23N5. The Hall–Kier alpha value is -2.14. The van der Waals surface area contributed by atoms with Crippen molar-refractivity contribution in [2.45, 2.75) is 13.8 Å². The van der Waals surface area contributed by atoms with Gasteiger partial charge in [-0.3, -0.25) is 0 Å². The van der Waals surface area contributed by atoms with E-state index in [0.29, 0.717) is 0 Å². The summed E-state index contributed by atoms with van der Waals surface area (Å²) >= 11 is 0. The first-order valence-corrected chi connectivity index (χ1v) is 7.73. The van der Waals surface area contributed by atoms with Gasteiger partial charge < -0.3 is 15.1 Å². The van der Waals surface area contributed by atoms with Crippen LogP contribution in [0.25, 0.3) is 0 Å². The molecule has 0 aliphatic carbocycles. The van der Waals surface area contributed by atoms with Crippen molar-refractivity contribution in [3.05, 3.63) is 41.6 Å². The summed E-state index contributed by atoms with van der Waals surface area (Å²) in [5.41, 5.74) is 3.29. The van der Waals surface area contributed by atoms with Crippen molar-refractivity contribution in [1.82, 2.24) is 14.9 Å². The Labute approximate surface area is 132 Å². The highest BCUT2D eigenvalue weighted by atomic mass is 15.3. The molecule has 3 rings (SSSR count). The van der Waals surface area contributed by atoms with Crippen LogP contribution in [0.1, 0.15) is 11.3 Å². The molecule has 0 unspecified atom stereocenters. The lowest BCUT2D eigenvalue weighted by atomic mass is 10.2. The number of rotatable bonds is 3. The van der Waals surface area contributed by atoms with E-state index in [1.165, 1.54) is 5.56 Å². The smallest absolute Gasteiger partial charge is 0.227 e. The molecule has 2 aromatic rings. The third-order valence-electron chi connectivity index (χ3n) is 3.95. The molecule has 5 heteroatoms. The summed E-state index contributed by atoms with van der Waals surface area (Å²) < 4.78 is 0. The van der Waals surface area contributed by atoms with Gasteiger partial charge in [0.1, 0.15) is 5.82 Å². The maximum atomic E-state index is 4.69. The van der Waals surface area contributed by atoms with E-state index >= 15 is 0 Å². The first-order valence-electron chi connectivity index (χ1n) is 7.73. The van der Waals surface area contributed by atoms with Gasteiger partial charge in [-0.2, -0.15) is 4.98 Å². The standard InChI is InChI=1S/C17H23N5/c1-13-4-6-15(7-5-13)19-16-12-14(2)18-17(20-16)22-10-8-21(3)9-11-22/h4-7,12H,8-11H2,1-3H3,(H,18,19,20). The molecule has 1 aliphatic heterocycles.